The fourth-order valence-corrected chi connectivity index (χ4v) is 10.1. The molecule has 13 aromatic rings. The van der Waals surface area contributed by atoms with Crippen molar-refractivity contribution in [3.63, 3.8) is 0 Å². The molecule has 7 nitrogen and oxygen atoms in total. The average molecular weight is 854 g/mol. The first kappa shape index (κ1) is 37.9. The molecule has 0 aliphatic rings. The number of benzene rings is 9. The number of nitrogens with zero attached hydrogens (tertiary/aromatic N) is 7. The lowest BCUT2D eigenvalue weighted by Gasteiger charge is -2.12. The molecule has 13 rings (SSSR count). The summed E-state index contributed by atoms with van der Waals surface area (Å²) in [5, 5.41) is 7.21. The fraction of sp³-hybridized carbons (Fsp3) is 0. The number of hydrogen-bond acceptors (Lipinski definition) is 2. The molecule has 4 heterocycles. The van der Waals surface area contributed by atoms with E-state index in [-0.39, 0.29) is 0 Å². The van der Waals surface area contributed by atoms with E-state index < -0.39 is 0 Å². The van der Waals surface area contributed by atoms with Crippen molar-refractivity contribution in [2.24, 2.45) is 0 Å². The maximum atomic E-state index is 7.64. The van der Waals surface area contributed by atoms with Crippen LogP contribution >= 0.6 is 0 Å². The standard InChI is InChI=1S/C60H35N7/c1-61-41-15-11-13-39(33-41)53-37-52(63-60(64-53)40-14-12-16-42(34-40)62-2)38-25-27-43(28-26-38)65-58-31-29-44(66-54-21-7-3-17-46(54)47-18-4-8-22-55(47)66)35-50(58)51-36-45(30-32-59(51)65)67-56-23-9-5-19-48(56)49-20-6-10-24-57(49)67/h3-37H. The fourth-order valence-electron chi connectivity index (χ4n) is 10.1. The quantitative estimate of drug-likeness (QED) is 0.156. The topological polar surface area (TPSA) is 49.3 Å². The number of hydrogen-bond donors (Lipinski definition) is 0. The molecule has 67 heavy (non-hydrogen) atoms. The van der Waals surface area contributed by atoms with Crippen molar-refractivity contribution in [2.45, 2.75) is 0 Å². The maximum Gasteiger partial charge on any atom is 0.187 e. The maximum absolute atomic E-state index is 7.64. The largest absolute Gasteiger partial charge is 0.309 e. The van der Waals surface area contributed by atoms with E-state index in [9.17, 15) is 0 Å². The molecule has 0 radical (unpaired) electrons. The lowest BCUT2D eigenvalue weighted by atomic mass is 10.1. The van der Waals surface area contributed by atoms with Gasteiger partial charge in [0.2, 0.25) is 0 Å². The van der Waals surface area contributed by atoms with Gasteiger partial charge in [-0.25, -0.2) is 19.7 Å². The zero-order valence-electron chi connectivity index (χ0n) is 35.8. The van der Waals surface area contributed by atoms with E-state index in [1.165, 1.54) is 43.6 Å². The van der Waals surface area contributed by atoms with Gasteiger partial charge in [-0.05, 0) is 96.6 Å². The lowest BCUT2D eigenvalue weighted by molar-refractivity contribution is 1.16. The number of fused-ring (bicyclic) bond motifs is 9. The molecule has 0 saturated carbocycles. The molecule has 0 bridgehead atoms. The van der Waals surface area contributed by atoms with Crippen LogP contribution in [0.3, 0.4) is 0 Å². The van der Waals surface area contributed by atoms with Crippen LogP contribution in [0.25, 0.3) is 126 Å². The van der Waals surface area contributed by atoms with E-state index in [2.05, 4.69) is 181 Å². The molecule has 0 amide bonds. The van der Waals surface area contributed by atoms with Crippen LogP contribution in [0.5, 0.6) is 0 Å². The second-order valence-electron chi connectivity index (χ2n) is 16.8. The molecule has 4 aromatic heterocycles. The highest BCUT2D eigenvalue weighted by Crippen LogP contribution is 2.40. The van der Waals surface area contributed by atoms with E-state index in [1.807, 2.05) is 42.5 Å². The molecular formula is C60H35N7. The normalized spacial score (nSPS) is 11.6. The first-order chi connectivity index (χ1) is 33.1. The summed E-state index contributed by atoms with van der Waals surface area (Å²) in [4.78, 5) is 17.4. The van der Waals surface area contributed by atoms with Gasteiger partial charge in [0.15, 0.2) is 17.2 Å². The van der Waals surface area contributed by atoms with E-state index in [1.54, 1.807) is 12.1 Å². The Hall–Kier alpha value is -9.56. The summed E-state index contributed by atoms with van der Waals surface area (Å²) in [7, 11) is 0. The molecule has 0 N–H and O–H groups in total. The molecule has 0 spiro atoms. The van der Waals surface area contributed by atoms with Gasteiger partial charge in [-0.3, -0.25) is 0 Å². The van der Waals surface area contributed by atoms with E-state index >= 15 is 0 Å². The third kappa shape index (κ3) is 6.04. The Kier molecular flexibility index (Phi) is 8.51. The van der Waals surface area contributed by atoms with Crippen molar-refractivity contribution in [3.05, 3.63) is 235 Å². The monoisotopic (exact) mass is 853 g/mol. The van der Waals surface area contributed by atoms with Gasteiger partial charge in [0.25, 0.3) is 0 Å². The first-order valence-corrected chi connectivity index (χ1v) is 22.1. The molecule has 0 saturated heterocycles. The van der Waals surface area contributed by atoms with Crippen LogP contribution in [0, 0.1) is 13.1 Å². The zero-order valence-corrected chi connectivity index (χ0v) is 35.8. The zero-order chi connectivity index (χ0) is 44.6. The van der Waals surface area contributed by atoms with Gasteiger partial charge >= 0.3 is 0 Å². The molecule has 0 aliphatic heterocycles. The lowest BCUT2D eigenvalue weighted by Crippen LogP contribution is -1.98. The van der Waals surface area contributed by atoms with Crippen LogP contribution < -0.4 is 0 Å². The predicted octanol–water partition coefficient (Wildman–Crippen LogP) is 15.9. The van der Waals surface area contributed by atoms with Crippen LogP contribution in [0.2, 0.25) is 0 Å². The van der Waals surface area contributed by atoms with Crippen LogP contribution in [0.1, 0.15) is 0 Å². The van der Waals surface area contributed by atoms with Gasteiger partial charge in [0.1, 0.15) is 0 Å². The SMILES string of the molecule is [C-]#[N+]c1cccc(-c2cc(-c3ccc(-n4c5ccc(-n6c7ccccc7c7ccccc76)cc5c5cc(-n6c7ccccc7c7ccccc76)ccc54)cc3)nc(-c3cccc([N+]#[C-])c3)n2)c1. The van der Waals surface area contributed by atoms with Crippen molar-refractivity contribution in [1.29, 1.82) is 0 Å². The van der Waals surface area contributed by atoms with E-state index in [4.69, 9.17) is 23.1 Å². The predicted molar refractivity (Wildman–Crippen MR) is 274 cm³/mol. The number of aromatic nitrogens is 5. The molecule has 0 unspecified atom stereocenters. The average Bonchev–Trinajstić information content (AvgIpc) is 4.04. The van der Waals surface area contributed by atoms with Gasteiger partial charge in [0.05, 0.1) is 57.6 Å². The minimum absolute atomic E-state index is 0.510. The molecule has 0 atom stereocenters. The Balaban J connectivity index is 1.01. The summed E-state index contributed by atoms with van der Waals surface area (Å²) in [5.74, 6) is 0.510. The second-order valence-corrected chi connectivity index (χ2v) is 16.8. The second kappa shape index (κ2) is 15.0. The summed E-state index contributed by atoms with van der Waals surface area (Å²) in [6.07, 6.45) is 0. The van der Waals surface area contributed by atoms with Crippen molar-refractivity contribution < 1.29 is 0 Å². The summed E-state index contributed by atoms with van der Waals surface area (Å²) in [6.45, 7) is 15.3. The Morgan fingerprint density at radius 3 is 1.16 bits per heavy atom. The number of rotatable bonds is 6. The minimum Gasteiger partial charge on any atom is -0.309 e. The summed E-state index contributed by atoms with van der Waals surface area (Å²) in [6, 6.07) is 73.8. The molecular weight excluding hydrogens is 819 g/mol. The third-order valence-corrected chi connectivity index (χ3v) is 13.1. The minimum atomic E-state index is 0.510. The third-order valence-electron chi connectivity index (χ3n) is 13.1. The smallest absolute Gasteiger partial charge is 0.187 e. The van der Waals surface area contributed by atoms with Crippen molar-refractivity contribution in [3.8, 4) is 51.0 Å². The van der Waals surface area contributed by atoms with Crippen LogP contribution in [0.15, 0.2) is 212 Å². The van der Waals surface area contributed by atoms with Gasteiger partial charge in [-0.2, -0.15) is 0 Å². The Morgan fingerprint density at radius 1 is 0.299 bits per heavy atom. The van der Waals surface area contributed by atoms with Gasteiger partial charge < -0.3 is 13.7 Å². The summed E-state index contributed by atoms with van der Waals surface area (Å²) < 4.78 is 7.14. The molecule has 0 aliphatic carbocycles. The first-order valence-electron chi connectivity index (χ1n) is 22.1. The summed E-state index contributed by atoms with van der Waals surface area (Å²) >= 11 is 0. The van der Waals surface area contributed by atoms with Crippen LogP contribution in [0.4, 0.5) is 11.4 Å². The Labute approximate surface area is 384 Å². The van der Waals surface area contributed by atoms with Gasteiger partial charge in [-0.1, -0.05) is 121 Å². The van der Waals surface area contributed by atoms with Gasteiger partial charge in [-0.15, -0.1) is 0 Å². The summed E-state index contributed by atoms with van der Waals surface area (Å²) in [5.41, 5.74) is 15.1. The Bertz CT molecular complexity index is 3890. The Morgan fingerprint density at radius 2 is 0.687 bits per heavy atom. The van der Waals surface area contributed by atoms with Crippen LogP contribution in [-0.4, -0.2) is 23.7 Å². The van der Waals surface area contributed by atoms with Crippen molar-refractivity contribution in [1.82, 2.24) is 23.7 Å². The highest BCUT2D eigenvalue weighted by atomic mass is 15.0. The highest BCUT2D eigenvalue weighted by molar-refractivity contribution is 6.14. The molecule has 7 heteroatoms. The van der Waals surface area contributed by atoms with Gasteiger partial charge in [0, 0.05) is 60.5 Å². The molecule has 9 aromatic carbocycles. The van der Waals surface area contributed by atoms with E-state index in [0.29, 0.717) is 22.9 Å². The van der Waals surface area contributed by atoms with E-state index in [0.717, 1.165) is 61.3 Å². The van der Waals surface area contributed by atoms with Crippen molar-refractivity contribution in [2.75, 3.05) is 0 Å². The molecule has 310 valence electrons. The molecule has 0 fully saturated rings. The van der Waals surface area contributed by atoms with Crippen molar-refractivity contribution >= 4 is 76.8 Å². The number of para-hydroxylation sites is 4. The van der Waals surface area contributed by atoms with Crippen LogP contribution in [-0.2, 0) is 0 Å². The highest BCUT2D eigenvalue weighted by Gasteiger charge is 2.20.